The van der Waals surface area contributed by atoms with Crippen molar-refractivity contribution in [2.45, 2.75) is 13.5 Å². The number of nitrogens with one attached hydrogen (secondary N) is 2. The molecule has 0 radical (unpaired) electrons. The van der Waals surface area contributed by atoms with Crippen LogP contribution in [0.15, 0.2) is 34.1 Å². The Labute approximate surface area is 134 Å². The van der Waals surface area contributed by atoms with Crippen LogP contribution in [0, 0.1) is 6.92 Å². The van der Waals surface area contributed by atoms with E-state index >= 15 is 0 Å². The number of carboxylic acid groups (broad SMARTS) is 1. The third kappa shape index (κ3) is 3.83. The zero-order chi connectivity index (χ0) is 15.4. The van der Waals surface area contributed by atoms with Gasteiger partial charge in [-0.2, -0.15) is 0 Å². The van der Waals surface area contributed by atoms with E-state index in [1.54, 1.807) is 30.4 Å². The van der Waals surface area contributed by atoms with E-state index in [4.69, 9.17) is 5.11 Å². The van der Waals surface area contributed by atoms with Crippen LogP contribution in [-0.4, -0.2) is 17.1 Å². The molecule has 1 heterocycles. The lowest BCUT2D eigenvalue weighted by molar-refractivity contribution is 0.0696. The molecule has 2 amide bonds. The third-order valence-electron chi connectivity index (χ3n) is 2.91. The smallest absolute Gasteiger partial charge is 0.336 e. The molecular weight excluding hydrogens is 356 g/mol. The molecule has 0 saturated carbocycles. The molecule has 0 aliphatic heterocycles. The first-order chi connectivity index (χ1) is 9.99. The number of urea groups is 1. The first-order valence-electron chi connectivity index (χ1n) is 6.08. The molecule has 0 fully saturated rings. The van der Waals surface area contributed by atoms with Gasteiger partial charge >= 0.3 is 12.0 Å². The summed E-state index contributed by atoms with van der Waals surface area (Å²) in [5, 5.41) is 16.4. The number of aromatic carboxylic acids is 1. The van der Waals surface area contributed by atoms with Crippen LogP contribution in [0.1, 0.15) is 20.8 Å². The molecule has 0 aliphatic rings. The van der Waals surface area contributed by atoms with Gasteiger partial charge in [0.15, 0.2) is 0 Å². The van der Waals surface area contributed by atoms with Crippen molar-refractivity contribution in [3.05, 3.63) is 50.1 Å². The number of thiophene rings is 1. The van der Waals surface area contributed by atoms with Crippen molar-refractivity contribution in [1.29, 1.82) is 0 Å². The highest BCUT2D eigenvalue weighted by atomic mass is 79.9. The molecule has 5 nitrogen and oxygen atoms in total. The fraction of sp³-hybridized carbons (Fsp3) is 0.143. The van der Waals surface area contributed by atoms with Crippen molar-refractivity contribution in [3.63, 3.8) is 0 Å². The molecule has 1 aromatic carbocycles. The van der Waals surface area contributed by atoms with Crippen molar-refractivity contribution < 1.29 is 14.7 Å². The minimum atomic E-state index is -1.01. The fourth-order valence-electron chi connectivity index (χ4n) is 1.78. The maximum absolute atomic E-state index is 11.9. The molecule has 2 rings (SSSR count). The van der Waals surface area contributed by atoms with Gasteiger partial charge < -0.3 is 15.7 Å². The van der Waals surface area contributed by atoms with Gasteiger partial charge in [0.1, 0.15) is 0 Å². The highest BCUT2D eigenvalue weighted by Crippen LogP contribution is 2.22. The Bertz CT molecular complexity index is 685. The lowest BCUT2D eigenvalue weighted by Crippen LogP contribution is -2.28. The number of carboxylic acids is 1. The second kappa shape index (κ2) is 6.73. The Balaban J connectivity index is 2.01. The molecule has 21 heavy (non-hydrogen) atoms. The molecular formula is C14H13BrN2O3S. The molecule has 0 spiro atoms. The Morgan fingerprint density at radius 1 is 1.33 bits per heavy atom. The standard InChI is InChI=1S/C14H13BrN2O3S/c1-8-9(13(18)19)3-2-4-11(8)17-14(20)16-7-12-10(15)5-6-21-12/h2-6H,7H2,1H3,(H,18,19)(H2,16,17,20). The Morgan fingerprint density at radius 3 is 2.71 bits per heavy atom. The lowest BCUT2D eigenvalue weighted by Gasteiger charge is -2.11. The van der Waals surface area contributed by atoms with Gasteiger partial charge in [0.2, 0.25) is 0 Å². The largest absolute Gasteiger partial charge is 0.478 e. The molecule has 1 aromatic heterocycles. The second-order valence-electron chi connectivity index (χ2n) is 4.28. The van der Waals surface area contributed by atoms with E-state index in [1.807, 2.05) is 11.4 Å². The van der Waals surface area contributed by atoms with E-state index in [-0.39, 0.29) is 11.6 Å². The number of rotatable bonds is 4. The van der Waals surface area contributed by atoms with Gasteiger partial charge in [-0.3, -0.25) is 0 Å². The molecule has 0 bridgehead atoms. The summed E-state index contributed by atoms with van der Waals surface area (Å²) in [6.07, 6.45) is 0. The van der Waals surface area contributed by atoms with Crippen LogP contribution < -0.4 is 10.6 Å². The summed E-state index contributed by atoms with van der Waals surface area (Å²) in [5.41, 5.74) is 1.18. The summed E-state index contributed by atoms with van der Waals surface area (Å²) >= 11 is 4.93. The van der Waals surface area contributed by atoms with Crippen molar-refractivity contribution in [3.8, 4) is 0 Å². The van der Waals surface area contributed by atoms with Crippen molar-refractivity contribution in [2.24, 2.45) is 0 Å². The molecule has 110 valence electrons. The van der Waals surface area contributed by atoms with Gasteiger partial charge in [-0.25, -0.2) is 9.59 Å². The minimum absolute atomic E-state index is 0.175. The van der Waals surface area contributed by atoms with E-state index in [0.717, 1.165) is 9.35 Å². The van der Waals surface area contributed by atoms with E-state index in [0.29, 0.717) is 17.8 Å². The molecule has 7 heteroatoms. The summed E-state index contributed by atoms with van der Waals surface area (Å²) in [5.74, 6) is -1.01. The number of carbonyl (C=O) groups is 2. The summed E-state index contributed by atoms with van der Waals surface area (Å²) in [4.78, 5) is 23.9. The summed E-state index contributed by atoms with van der Waals surface area (Å²) in [6.45, 7) is 2.07. The molecule has 0 aliphatic carbocycles. The SMILES string of the molecule is Cc1c(NC(=O)NCc2sccc2Br)cccc1C(=O)O. The number of amides is 2. The summed E-state index contributed by atoms with van der Waals surface area (Å²) < 4.78 is 0.955. The van der Waals surface area contributed by atoms with Crippen molar-refractivity contribution >= 4 is 45.0 Å². The number of anilines is 1. The van der Waals surface area contributed by atoms with Crippen LogP contribution in [0.5, 0.6) is 0 Å². The highest BCUT2D eigenvalue weighted by Gasteiger charge is 2.12. The summed E-state index contributed by atoms with van der Waals surface area (Å²) in [6, 6.07) is 6.31. The van der Waals surface area contributed by atoms with Gasteiger partial charge in [0, 0.05) is 15.0 Å². The van der Waals surface area contributed by atoms with Gasteiger partial charge in [-0.1, -0.05) is 6.07 Å². The van der Waals surface area contributed by atoms with Crippen LogP contribution in [0.25, 0.3) is 0 Å². The lowest BCUT2D eigenvalue weighted by atomic mass is 10.1. The molecule has 0 saturated heterocycles. The zero-order valence-corrected chi connectivity index (χ0v) is 13.5. The number of hydrogen-bond donors (Lipinski definition) is 3. The first-order valence-corrected chi connectivity index (χ1v) is 7.76. The molecule has 0 unspecified atom stereocenters. The topological polar surface area (TPSA) is 78.4 Å². The predicted molar refractivity (Wildman–Crippen MR) is 86.0 cm³/mol. The highest BCUT2D eigenvalue weighted by molar-refractivity contribution is 9.10. The number of carbonyl (C=O) groups excluding carboxylic acids is 1. The average molecular weight is 369 g/mol. The number of hydrogen-bond acceptors (Lipinski definition) is 3. The Kier molecular flexibility index (Phi) is 4.98. The summed E-state index contributed by atoms with van der Waals surface area (Å²) in [7, 11) is 0. The first kappa shape index (κ1) is 15.5. The fourth-order valence-corrected chi connectivity index (χ4v) is 3.21. The van der Waals surface area contributed by atoms with E-state index in [1.165, 1.54) is 6.07 Å². The average Bonchev–Trinajstić information content (AvgIpc) is 2.84. The third-order valence-corrected chi connectivity index (χ3v) is 4.84. The Morgan fingerprint density at radius 2 is 2.10 bits per heavy atom. The maximum atomic E-state index is 11.9. The quantitative estimate of drug-likeness (QED) is 0.766. The van der Waals surface area contributed by atoms with E-state index in [9.17, 15) is 9.59 Å². The Hall–Kier alpha value is -1.86. The van der Waals surface area contributed by atoms with Crippen LogP contribution in [0.2, 0.25) is 0 Å². The van der Waals surface area contributed by atoms with E-state index in [2.05, 4.69) is 26.6 Å². The monoisotopic (exact) mass is 368 g/mol. The van der Waals surface area contributed by atoms with Crippen molar-refractivity contribution in [1.82, 2.24) is 5.32 Å². The molecule has 2 aromatic rings. The number of benzene rings is 1. The zero-order valence-electron chi connectivity index (χ0n) is 11.1. The van der Waals surface area contributed by atoms with Gasteiger partial charge in [0.05, 0.1) is 12.1 Å². The molecule has 0 atom stereocenters. The van der Waals surface area contributed by atoms with Crippen LogP contribution >= 0.6 is 27.3 Å². The predicted octanol–water partition coefficient (Wildman–Crippen LogP) is 3.84. The number of halogens is 1. The normalized spacial score (nSPS) is 10.2. The van der Waals surface area contributed by atoms with Gasteiger partial charge in [-0.05, 0) is 52.0 Å². The van der Waals surface area contributed by atoms with E-state index < -0.39 is 5.97 Å². The maximum Gasteiger partial charge on any atom is 0.336 e. The van der Waals surface area contributed by atoms with Crippen LogP contribution in [0.3, 0.4) is 0 Å². The minimum Gasteiger partial charge on any atom is -0.478 e. The second-order valence-corrected chi connectivity index (χ2v) is 6.14. The van der Waals surface area contributed by atoms with Gasteiger partial charge in [0.25, 0.3) is 0 Å². The molecule has 3 N–H and O–H groups in total. The van der Waals surface area contributed by atoms with Gasteiger partial charge in [-0.15, -0.1) is 11.3 Å². The van der Waals surface area contributed by atoms with Crippen molar-refractivity contribution in [2.75, 3.05) is 5.32 Å². The van der Waals surface area contributed by atoms with Crippen LogP contribution in [0.4, 0.5) is 10.5 Å². The van der Waals surface area contributed by atoms with Crippen LogP contribution in [-0.2, 0) is 6.54 Å².